The molecule has 4 heterocycles. The van der Waals surface area contributed by atoms with Crippen LogP contribution in [0.3, 0.4) is 0 Å². The van der Waals surface area contributed by atoms with Crippen LogP contribution in [0.1, 0.15) is 49.9 Å². The van der Waals surface area contributed by atoms with E-state index in [2.05, 4.69) is 43.4 Å². The lowest BCUT2D eigenvalue weighted by Crippen LogP contribution is -2.17. The summed E-state index contributed by atoms with van der Waals surface area (Å²) in [5.41, 5.74) is 4.02. The monoisotopic (exact) mass is 467 g/mol. The molecule has 4 aromatic rings. The quantitative estimate of drug-likeness (QED) is 0.388. The summed E-state index contributed by atoms with van der Waals surface area (Å²) in [6, 6.07) is 4.09. The zero-order valence-corrected chi connectivity index (χ0v) is 19.5. The molecule has 11 heteroatoms. The van der Waals surface area contributed by atoms with E-state index in [-0.39, 0.29) is 11.3 Å². The fourth-order valence-corrected chi connectivity index (χ4v) is 5.37. The van der Waals surface area contributed by atoms with Crippen LogP contribution in [0.25, 0.3) is 22.4 Å². The highest BCUT2D eigenvalue weighted by Crippen LogP contribution is 2.30. The lowest BCUT2D eigenvalue weighted by molar-refractivity contribution is 0.173. The topological polar surface area (TPSA) is 118 Å². The number of methoxy groups -OCH3 is 1. The molecule has 33 heavy (non-hydrogen) atoms. The molecule has 1 aliphatic rings. The molecule has 0 N–H and O–H groups in total. The van der Waals surface area contributed by atoms with E-state index in [4.69, 9.17) is 4.74 Å². The largest absolute Gasteiger partial charge is 0.377 e. The standard InChI is InChI=1S/C22H25N7O3S/c1-14(2)29-20-9-17(24-11-19(20)27-21(29)13-32-3)8-16-6-7-23-22(26-16)15-10-25-28(12-15)33(30,31)18-4-5-18/h6-7,9-12,14,18H,4-5,8,13H2,1-3H3. The number of fused-ring (bicyclic) bond motifs is 1. The number of imidazole rings is 1. The molecule has 0 radical (unpaired) electrons. The Bertz CT molecular complexity index is 1420. The first-order valence-corrected chi connectivity index (χ1v) is 12.3. The fraction of sp³-hybridized carbons (Fsp3) is 0.409. The molecule has 0 amide bonds. The van der Waals surface area contributed by atoms with Crippen LogP contribution < -0.4 is 0 Å². The number of hydrogen-bond donors (Lipinski definition) is 0. The maximum absolute atomic E-state index is 12.4. The van der Waals surface area contributed by atoms with Gasteiger partial charge in [0.1, 0.15) is 17.9 Å². The van der Waals surface area contributed by atoms with Crippen molar-refractivity contribution >= 4 is 21.1 Å². The zero-order valence-electron chi connectivity index (χ0n) is 18.7. The van der Waals surface area contributed by atoms with Gasteiger partial charge < -0.3 is 9.30 Å². The second-order valence-corrected chi connectivity index (χ2v) is 10.6. The van der Waals surface area contributed by atoms with Gasteiger partial charge in [-0.15, -0.1) is 0 Å². The number of hydrogen-bond acceptors (Lipinski definition) is 8. The summed E-state index contributed by atoms with van der Waals surface area (Å²) in [5, 5.41) is 3.70. The molecule has 1 fully saturated rings. The lowest BCUT2D eigenvalue weighted by atomic mass is 10.2. The van der Waals surface area contributed by atoms with Gasteiger partial charge in [-0.25, -0.2) is 23.4 Å². The van der Waals surface area contributed by atoms with Crippen molar-refractivity contribution in [2.45, 2.75) is 51.0 Å². The second-order valence-electron chi connectivity index (χ2n) is 8.48. The number of aromatic nitrogens is 7. The first kappa shape index (κ1) is 21.7. The van der Waals surface area contributed by atoms with Gasteiger partial charge in [0.05, 0.1) is 40.6 Å². The molecule has 0 bridgehead atoms. The minimum absolute atomic E-state index is 0.226. The fourth-order valence-electron chi connectivity index (χ4n) is 3.89. The van der Waals surface area contributed by atoms with Gasteiger partial charge in [0.15, 0.2) is 5.82 Å². The maximum Gasteiger partial charge on any atom is 0.256 e. The van der Waals surface area contributed by atoms with Crippen molar-refractivity contribution in [1.82, 2.24) is 33.7 Å². The molecule has 10 nitrogen and oxygen atoms in total. The van der Waals surface area contributed by atoms with Crippen molar-refractivity contribution in [2.24, 2.45) is 0 Å². The molecule has 0 aromatic carbocycles. The van der Waals surface area contributed by atoms with E-state index in [0.717, 1.165) is 32.3 Å². The Kier molecular flexibility index (Phi) is 5.45. The minimum Gasteiger partial charge on any atom is -0.377 e. The molecule has 0 unspecified atom stereocenters. The summed E-state index contributed by atoms with van der Waals surface area (Å²) >= 11 is 0. The zero-order chi connectivity index (χ0) is 23.2. The molecule has 172 valence electrons. The number of pyridine rings is 1. The summed E-state index contributed by atoms with van der Waals surface area (Å²) in [5.74, 6) is 1.30. The number of ether oxygens (including phenoxy) is 1. The predicted octanol–water partition coefficient (Wildman–Crippen LogP) is 2.74. The Morgan fingerprint density at radius 3 is 2.70 bits per heavy atom. The molecule has 0 saturated heterocycles. The Morgan fingerprint density at radius 1 is 1.15 bits per heavy atom. The average Bonchev–Trinajstić information content (AvgIpc) is 3.41. The third-order valence-corrected chi connectivity index (χ3v) is 7.63. The van der Waals surface area contributed by atoms with Gasteiger partial charge >= 0.3 is 0 Å². The van der Waals surface area contributed by atoms with Crippen molar-refractivity contribution in [3.05, 3.63) is 54.1 Å². The number of nitrogens with zero attached hydrogens (tertiary/aromatic N) is 7. The normalized spacial score (nSPS) is 14.4. The molecule has 1 aliphatic carbocycles. The van der Waals surface area contributed by atoms with Crippen molar-refractivity contribution in [2.75, 3.05) is 7.11 Å². The third-order valence-electron chi connectivity index (χ3n) is 5.60. The van der Waals surface area contributed by atoms with Crippen LogP contribution in [0, 0.1) is 0 Å². The van der Waals surface area contributed by atoms with Gasteiger partial charge in [-0.3, -0.25) is 4.98 Å². The Labute approximate surface area is 191 Å². The van der Waals surface area contributed by atoms with E-state index in [1.165, 1.54) is 12.4 Å². The maximum atomic E-state index is 12.4. The Balaban J connectivity index is 1.43. The third kappa shape index (κ3) is 4.13. The van der Waals surface area contributed by atoms with Gasteiger partial charge in [0.25, 0.3) is 10.0 Å². The van der Waals surface area contributed by atoms with E-state index < -0.39 is 10.0 Å². The van der Waals surface area contributed by atoms with E-state index >= 15 is 0 Å². The highest BCUT2D eigenvalue weighted by Gasteiger charge is 2.37. The molecule has 0 atom stereocenters. The Hall–Kier alpha value is -3.18. The Morgan fingerprint density at radius 2 is 1.97 bits per heavy atom. The average molecular weight is 468 g/mol. The van der Waals surface area contributed by atoms with E-state index in [1.54, 1.807) is 19.5 Å². The lowest BCUT2D eigenvalue weighted by Gasteiger charge is -2.12. The highest BCUT2D eigenvalue weighted by atomic mass is 32.2. The van der Waals surface area contributed by atoms with Gasteiger partial charge in [0, 0.05) is 31.5 Å². The van der Waals surface area contributed by atoms with Crippen LogP contribution in [0.2, 0.25) is 0 Å². The second kappa shape index (κ2) is 8.31. The molecule has 5 rings (SSSR count). The SMILES string of the molecule is COCc1nc2cnc(Cc3ccnc(-c4cnn(S(=O)(=O)C5CC5)c4)n3)cc2n1C(C)C. The van der Waals surface area contributed by atoms with Crippen molar-refractivity contribution in [3.8, 4) is 11.4 Å². The molecular formula is C22H25N7O3S. The van der Waals surface area contributed by atoms with E-state index in [1.807, 2.05) is 12.1 Å². The van der Waals surface area contributed by atoms with E-state index in [9.17, 15) is 8.42 Å². The minimum atomic E-state index is -3.42. The summed E-state index contributed by atoms with van der Waals surface area (Å²) in [6.45, 7) is 4.66. The smallest absolute Gasteiger partial charge is 0.256 e. The predicted molar refractivity (Wildman–Crippen MR) is 122 cm³/mol. The summed E-state index contributed by atoms with van der Waals surface area (Å²) < 4.78 is 33.3. The van der Waals surface area contributed by atoms with Crippen LogP contribution in [0.15, 0.2) is 36.9 Å². The van der Waals surface area contributed by atoms with Crippen LogP contribution in [0.5, 0.6) is 0 Å². The summed E-state index contributed by atoms with van der Waals surface area (Å²) in [4.78, 5) is 18.2. The highest BCUT2D eigenvalue weighted by molar-refractivity contribution is 7.90. The van der Waals surface area contributed by atoms with Gasteiger partial charge in [-0.05, 0) is 38.8 Å². The number of rotatable bonds is 8. The van der Waals surface area contributed by atoms with Gasteiger partial charge in [-0.1, -0.05) is 0 Å². The molecule has 0 aliphatic heterocycles. The van der Waals surface area contributed by atoms with Crippen LogP contribution in [-0.2, 0) is 27.8 Å². The van der Waals surface area contributed by atoms with Crippen molar-refractivity contribution in [1.29, 1.82) is 0 Å². The first-order chi connectivity index (χ1) is 15.9. The van der Waals surface area contributed by atoms with Crippen LogP contribution in [0.4, 0.5) is 0 Å². The molecule has 0 spiro atoms. The summed E-state index contributed by atoms with van der Waals surface area (Å²) in [6.07, 6.45) is 8.28. The molecular weight excluding hydrogens is 442 g/mol. The van der Waals surface area contributed by atoms with Gasteiger partial charge in [0.2, 0.25) is 0 Å². The van der Waals surface area contributed by atoms with Crippen molar-refractivity contribution < 1.29 is 13.2 Å². The molecule has 1 saturated carbocycles. The summed E-state index contributed by atoms with van der Waals surface area (Å²) in [7, 11) is -1.76. The van der Waals surface area contributed by atoms with Crippen LogP contribution in [-0.4, -0.2) is 54.5 Å². The van der Waals surface area contributed by atoms with E-state index in [0.29, 0.717) is 37.3 Å². The van der Waals surface area contributed by atoms with Gasteiger partial charge in [-0.2, -0.15) is 9.19 Å². The molecule has 4 aromatic heterocycles. The van der Waals surface area contributed by atoms with Crippen molar-refractivity contribution in [3.63, 3.8) is 0 Å². The van der Waals surface area contributed by atoms with Crippen LogP contribution >= 0.6 is 0 Å². The first-order valence-electron chi connectivity index (χ1n) is 10.8.